The molecule has 1 aliphatic carbocycles. The second-order valence-corrected chi connectivity index (χ2v) is 6.82. The average Bonchev–Trinajstić information content (AvgIpc) is 2.75. The Balaban J connectivity index is 1.72. The summed E-state index contributed by atoms with van der Waals surface area (Å²) in [6, 6.07) is 8.22. The minimum absolute atomic E-state index is 0.0836. The topological polar surface area (TPSA) is 34.0 Å². The van der Waals surface area contributed by atoms with Gasteiger partial charge in [0.25, 0.3) is 5.91 Å². The number of aryl methyl sites for hydroxylation is 1. The molecule has 0 saturated heterocycles. The van der Waals surface area contributed by atoms with Crippen molar-refractivity contribution in [3.8, 4) is 0 Å². The van der Waals surface area contributed by atoms with Crippen LogP contribution in [-0.2, 0) is 6.54 Å². The van der Waals surface area contributed by atoms with Gasteiger partial charge in [-0.2, -0.15) is 0 Å². The Morgan fingerprint density at radius 1 is 1.17 bits per heavy atom. The summed E-state index contributed by atoms with van der Waals surface area (Å²) in [5.74, 6) is 0.741. The molecular weight excluding hydrogens is 284 g/mol. The number of rotatable bonds is 5. The van der Waals surface area contributed by atoms with Gasteiger partial charge in [-0.1, -0.05) is 50.8 Å². The fourth-order valence-corrected chi connectivity index (χ4v) is 3.75. The van der Waals surface area contributed by atoms with Crippen LogP contribution >= 0.6 is 0 Å². The lowest BCUT2D eigenvalue weighted by Crippen LogP contribution is -2.29. The van der Waals surface area contributed by atoms with E-state index in [-0.39, 0.29) is 5.91 Å². The van der Waals surface area contributed by atoms with E-state index < -0.39 is 0 Å². The van der Waals surface area contributed by atoms with Gasteiger partial charge in [-0.25, -0.2) is 0 Å². The Morgan fingerprint density at radius 2 is 1.91 bits per heavy atom. The van der Waals surface area contributed by atoms with E-state index in [4.69, 9.17) is 0 Å². The van der Waals surface area contributed by atoms with Gasteiger partial charge in [-0.05, 0) is 31.2 Å². The van der Waals surface area contributed by atoms with Crippen LogP contribution in [0.15, 0.2) is 30.5 Å². The number of fused-ring (bicyclic) bond motifs is 1. The molecule has 0 radical (unpaired) electrons. The molecule has 0 spiro atoms. The number of carbonyl (C=O) groups excluding carboxylic acids is 1. The lowest BCUT2D eigenvalue weighted by atomic mass is 10.0. The molecule has 0 bridgehead atoms. The number of hydrogen-bond donors (Lipinski definition) is 1. The van der Waals surface area contributed by atoms with E-state index in [9.17, 15) is 4.79 Å². The molecule has 1 heterocycles. The fraction of sp³-hybridized carbons (Fsp3) is 0.550. The molecule has 23 heavy (non-hydrogen) atoms. The van der Waals surface area contributed by atoms with Gasteiger partial charge in [0.2, 0.25) is 0 Å². The van der Waals surface area contributed by atoms with E-state index in [1.165, 1.54) is 38.5 Å². The SMILES string of the molecule is CCCn1cc(C(=O)NCC2CCCCCC2)c2ccccc21. The zero-order valence-electron chi connectivity index (χ0n) is 14.2. The quantitative estimate of drug-likeness (QED) is 0.794. The Labute approximate surface area is 139 Å². The number of amides is 1. The molecule has 1 N–H and O–H groups in total. The molecule has 1 amide bonds. The second kappa shape index (κ2) is 7.67. The number of hydrogen-bond acceptors (Lipinski definition) is 1. The standard InChI is InChI=1S/C20H28N2O/c1-2-13-22-15-18(17-11-7-8-12-19(17)22)20(23)21-14-16-9-5-3-4-6-10-16/h7-8,11-12,15-16H,2-6,9-10,13-14H2,1H3,(H,21,23). The molecule has 1 aromatic heterocycles. The monoisotopic (exact) mass is 312 g/mol. The van der Waals surface area contributed by atoms with E-state index in [1.54, 1.807) is 0 Å². The summed E-state index contributed by atoms with van der Waals surface area (Å²) in [4.78, 5) is 12.7. The van der Waals surface area contributed by atoms with Gasteiger partial charge in [0.05, 0.1) is 5.56 Å². The predicted octanol–water partition coefficient (Wildman–Crippen LogP) is 4.75. The Kier molecular flexibility index (Phi) is 5.37. The van der Waals surface area contributed by atoms with Crippen molar-refractivity contribution in [1.82, 2.24) is 9.88 Å². The van der Waals surface area contributed by atoms with Gasteiger partial charge >= 0.3 is 0 Å². The van der Waals surface area contributed by atoms with Gasteiger partial charge in [-0.15, -0.1) is 0 Å². The number of aromatic nitrogens is 1. The van der Waals surface area contributed by atoms with Gasteiger partial charge < -0.3 is 9.88 Å². The van der Waals surface area contributed by atoms with Gasteiger partial charge in [0.15, 0.2) is 0 Å². The van der Waals surface area contributed by atoms with Crippen molar-refractivity contribution in [2.24, 2.45) is 5.92 Å². The van der Waals surface area contributed by atoms with Crippen LogP contribution in [0.3, 0.4) is 0 Å². The molecule has 1 aromatic carbocycles. The maximum Gasteiger partial charge on any atom is 0.253 e. The fourth-order valence-electron chi connectivity index (χ4n) is 3.75. The van der Waals surface area contributed by atoms with Crippen LogP contribution in [0.2, 0.25) is 0 Å². The number of benzene rings is 1. The Morgan fingerprint density at radius 3 is 2.65 bits per heavy atom. The van der Waals surface area contributed by atoms with Crippen molar-refractivity contribution in [1.29, 1.82) is 0 Å². The summed E-state index contributed by atoms with van der Waals surface area (Å²) in [5, 5.41) is 4.26. The maximum atomic E-state index is 12.7. The molecule has 3 rings (SSSR count). The molecule has 1 fully saturated rings. The van der Waals surface area contributed by atoms with Crippen LogP contribution in [0.25, 0.3) is 10.9 Å². The highest BCUT2D eigenvalue weighted by molar-refractivity contribution is 6.07. The second-order valence-electron chi connectivity index (χ2n) is 6.82. The number of nitrogens with one attached hydrogen (secondary N) is 1. The summed E-state index contributed by atoms with van der Waals surface area (Å²) in [6.45, 7) is 3.95. The van der Waals surface area contributed by atoms with Crippen molar-refractivity contribution in [2.75, 3.05) is 6.54 Å². The normalized spacial score (nSPS) is 16.4. The minimum atomic E-state index is 0.0836. The molecule has 0 atom stereocenters. The van der Waals surface area contributed by atoms with Gasteiger partial charge in [0, 0.05) is 30.2 Å². The van der Waals surface area contributed by atoms with Crippen LogP contribution in [0.5, 0.6) is 0 Å². The van der Waals surface area contributed by atoms with Crippen molar-refractivity contribution < 1.29 is 4.79 Å². The van der Waals surface area contributed by atoms with Crippen LogP contribution < -0.4 is 5.32 Å². The third-order valence-electron chi connectivity index (χ3n) is 5.02. The summed E-state index contributed by atoms with van der Waals surface area (Å²) in [6.07, 6.45) is 11.0. The van der Waals surface area contributed by atoms with E-state index >= 15 is 0 Å². The largest absolute Gasteiger partial charge is 0.352 e. The summed E-state index contributed by atoms with van der Waals surface area (Å²) in [5.41, 5.74) is 1.98. The molecule has 0 aliphatic heterocycles. The molecule has 3 heteroatoms. The average molecular weight is 312 g/mol. The first-order valence-electron chi connectivity index (χ1n) is 9.15. The number of carbonyl (C=O) groups is 1. The molecule has 2 aromatic rings. The van der Waals surface area contributed by atoms with Gasteiger partial charge in [-0.3, -0.25) is 4.79 Å². The number of nitrogens with zero attached hydrogens (tertiary/aromatic N) is 1. The summed E-state index contributed by atoms with van der Waals surface area (Å²) >= 11 is 0. The predicted molar refractivity (Wildman–Crippen MR) is 95.8 cm³/mol. The smallest absolute Gasteiger partial charge is 0.253 e. The summed E-state index contributed by atoms with van der Waals surface area (Å²) in [7, 11) is 0. The van der Waals surface area contributed by atoms with Crippen LogP contribution in [-0.4, -0.2) is 17.0 Å². The van der Waals surface area contributed by atoms with E-state index in [2.05, 4.69) is 28.9 Å². The van der Waals surface area contributed by atoms with E-state index in [0.29, 0.717) is 5.92 Å². The third-order valence-corrected chi connectivity index (χ3v) is 5.02. The molecular formula is C20H28N2O. The van der Waals surface area contributed by atoms with Crippen LogP contribution in [0.4, 0.5) is 0 Å². The lowest BCUT2D eigenvalue weighted by Gasteiger charge is -2.14. The molecule has 0 unspecified atom stereocenters. The van der Waals surface area contributed by atoms with E-state index in [1.807, 2.05) is 18.3 Å². The zero-order valence-corrected chi connectivity index (χ0v) is 14.2. The first kappa shape index (κ1) is 16.1. The van der Waals surface area contributed by atoms with Crippen molar-refractivity contribution >= 4 is 16.8 Å². The highest BCUT2D eigenvalue weighted by Gasteiger charge is 2.17. The van der Waals surface area contributed by atoms with Gasteiger partial charge in [0.1, 0.15) is 0 Å². The highest BCUT2D eigenvalue weighted by Crippen LogP contribution is 2.24. The van der Waals surface area contributed by atoms with E-state index in [0.717, 1.165) is 36.0 Å². The lowest BCUT2D eigenvalue weighted by molar-refractivity contribution is 0.0947. The third kappa shape index (κ3) is 3.77. The maximum absolute atomic E-state index is 12.7. The van der Waals surface area contributed by atoms with Crippen LogP contribution in [0.1, 0.15) is 62.2 Å². The Bertz CT molecular complexity index is 651. The molecule has 124 valence electrons. The van der Waals surface area contributed by atoms with Crippen LogP contribution in [0, 0.1) is 5.92 Å². The molecule has 1 saturated carbocycles. The Hall–Kier alpha value is -1.77. The van der Waals surface area contributed by atoms with Crippen molar-refractivity contribution in [3.05, 3.63) is 36.0 Å². The zero-order chi connectivity index (χ0) is 16.1. The highest BCUT2D eigenvalue weighted by atomic mass is 16.1. The molecule has 3 nitrogen and oxygen atoms in total. The summed E-state index contributed by atoms with van der Waals surface area (Å²) < 4.78 is 2.20. The first-order valence-corrected chi connectivity index (χ1v) is 9.15. The molecule has 1 aliphatic rings. The first-order chi connectivity index (χ1) is 11.3. The van der Waals surface area contributed by atoms with Crippen molar-refractivity contribution in [2.45, 2.75) is 58.4 Å². The number of para-hydroxylation sites is 1. The minimum Gasteiger partial charge on any atom is -0.352 e. The van der Waals surface area contributed by atoms with Crippen molar-refractivity contribution in [3.63, 3.8) is 0 Å².